The summed E-state index contributed by atoms with van der Waals surface area (Å²) in [5.74, 6) is 0.280. The standard InChI is InChI=1S/C36H40O4/c1-5-6-7-8-27-9-10-28(21-26(27)4)29-11-12-31-23-32(14-13-30(31)22-29)33-15-16-35(39-20-18-37)34(24-33)17-19-40-36(38)25(2)3/h9-16,21-24,37H,2,5-8,17-20H2,1,3-4H3. The number of aliphatic hydroxyl groups is 1. The number of fused-ring (bicyclic) bond motifs is 1. The van der Waals surface area contributed by atoms with Gasteiger partial charge in [-0.1, -0.05) is 74.9 Å². The highest BCUT2D eigenvalue weighted by Gasteiger charge is 2.11. The lowest BCUT2D eigenvalue weighted by Gasteiger charge is -2.14. The maximum atomic E-state index is 11.8. The van der Waals surface area contributed by atoms with Crippen LogP contribution in [0.25, 0.3) is 33.0 Å². The predicted molar refractivity (Wildman–Crippen MR) is 165 cm³/mol. The average Bonchev–Trinajstić information content (AvgIpc) is 2.96. The van der Waals surface area contributed by atoms with Crippen LogP contribution in [0.5, 0.6) is 5.75 Å². The number of esters is 1. The van der Waals surface area contributed by atoms with Crippen molar-refractivity contribution in [3.05, 3.63) is 102 Å². The van der Waals surface area contributed by atoms with E-state index in [-0.39, 0.29) is 19.8 Å². The second-order valence-corrected chi connectivity index (χ2v) is 10.4. The largest absolute Gasteiger partial charge is 0.491 e. The molecular weight excluding hydrogens is 496 g/mol. The van der Waals surface area contributed by atoms with Crippen molar-refractivity contribution in [2.24, 2.45) is 0 Å². The van der Waals surface area contributed by atoms with Crippen LogP contribution in [-0.4, -0.2) is 30.9 Å². The highest BCUT2D eigenvalue weighted by Crippen LogP contribution is 2.32. The number of benzene rings is 4. The van der Waals surface area contributed by atoms with Crippen LogP contribution in [0.15, 0.2) is 84.9 Å². The second-order valence-electron chi connectivity index (χ2n) is 10.4. The monoisotopic (exact) mass is 536 g/mol. The summed E-state index contributed by atoms with van der Waals surface area (Å²) >= 11 is 0. The normalized spacial score (nSPS) is 11.0. The number of carbonyl (C=O) groups excluding carboxylic acids is 1. The van der Waals surface area contributed by atoms with Gasteiger partial charge >= 0.3 is 5.97 Å². The van der Waals surface area contributed by atoms with Crippen LogP contribution in [0.1, 0.15) is 49.8 Å². The van der Waals surface area contributed by atoms with E-state index in [2.05, 4.69) is 81.1 Å². The van der Waals surface area contributed by atoms with Gasteiger partial charge in [0.25, 0.3) is 0 Å². The first-order valence-corrected chi connectivity index (χ1v) is 14.2. The Hall–Kier alpha value is -3.89. The molecule has 0 saturated carbocycles. The predicted octanol–water partition coefficient (Wildman–Crippen LogP) is 8.25. The Morgan fingerprint density at radius 3 is 2.02 bits per heavy atom. The second kappa shape index (κ2) is 14.0. The first kappa shape index (κ1) is 29.1. The van der Waals surface area contributed by atoms with Crippen molar-refractivity contribution in [2.75, 3.05) is 19.8 Å². The van der Waals surface area contributed by atoms with Gasteiger partial charge in [-0.05, 0) is 101 Å². The molecule has 4 heteroatoms. The molecule has 0 amide bonds. The number of aliphatic hydroxyl groups excluding tert-OH is 1. The van der Waals surface area contributed by atoms with Crippen molar-refractivity contribution in [1.29, 1.82) is 0 Å². The van der Waals surface area contributed by atoms with Gasteiger partial charge in [-0.2, -0.15) is 0 Å². The Morgan fingerprint density at radius 1 is 0.775 bits per heavy atom. The van der Waals surface area contributed by atoms with E-state index in [9.17, 15) is 9.90 Å². The summed E-state index contributed by atoms with van der Waals surface area (Å²) in [7, 11) is 0. The zero-order chi connectivity index (χ0) is 28.5. The Balaban J connectivity index is 1.56. The van der Waals surface area contributed by atoms with Crippen LogP contribution in [-0.2, 0) is 22.4 Å². The highest BCUT2D eigenvalue weighted by molar-refractivity contribution is 5.91. The summed E-state index contributed by atoms with van der Waals surface area (Å²) in [6.45, 7) is 10.1. The summed E-state index contributed by atoms with van der Waals surface area (Å²) in [6.07, 6.45) is 5.42. The fourth-order valence-electron chi connectivity index (χ4n) is 4.95. The van der Waals surface area contributed by atoms with Crippen LogP contribution >= 0.6 is 0 Å². The van der Waals surface area contributed by atoms with Crippen molar-refractivity contribution in [2.45, 2.75) is 52.9 Å². The number of aryl methyl sites for hydroxylation is 2. The van der Waals surface area contributed by atoms with Crippen molar-refractivity contribution in [3.63, 3.8) is 0 Å². The van der Waals surface area contributed by atoms with E-state index < -0.39 is 5.97 Å². The third-order valence-electron chi connectivity index (χ3n) is 7.26. The van der Waals surface area contributed by atoms with E-state index in [0.29, 0.717) is 17.7 Å². The highest BCUT2D eigenvalue weighted by atomic mass is 16.5. The van der Waals surface area contributed by atoms with Crippen LogP contribution in [0.2, 0.25) is 0 Å². The molecule has 0 aromatic heterocycles. The van der Waals surface area contributed by atoms with Gasteiger partial charge in [-0.25, -0.2) is 4.79 Å². The van der Waals surface area contributed by atoms with Crippen molar-refractivity contribution < 1.29 is 19.4 Å². The molecule has 0 atom stereocenters. The topological polar surface area (TPSA) is 55.8 Å². The third-order valence-corrected chi connectivity index (χ3v) is 7.26. The first-order valence-electron chi connectivity index (χ1n) is 14.2. The molecule has 0 fully saturated rings. The SMILES string of the molecule is C=C(C)C(=O)OCCc1cc(-c2ccc3cc(-c4ccc(CCCCC)c(C)c4)ccc3c2)ccc1OCCO. The number of carbonyl (C=O) groups is 1. The Labute approximate surface area is 238 Å². The number of hydrogen-bond donors (Lipinski definition) is 1. The Morgan fingerprint density at radius 2 is 1.40 bits per heavy atom. The van der Waals surface area contributed by atoms with E-state index in [1.165, 1.54) is 52.3 Å². The van der Waals surface area contributed by atoms with Gasteiger partial charge in [0.1, 0.15) is 12.4 Å². The number of rotatable bonds is 13. The molecule has 0 bridgehead atoms. The van der Waals surface area contributed by atoms with E-state index in [0.717, 1.165) is 23.1 Å². The van der Waals surface area contributed by atoms with Crippen LogP contribution in [0.4, 0.5) is 0 Å². The number of unbranched alkanes of at least 4 members (excludes halogenated alkanes) is 2. The van der Waals surface area contributed by atoms with Gasteiger partial charge in [0, 0.05) is 12.0 Å². The smallest absolute Gasteiger partial charge is 0.333 e. The zero-order valence-corrected chi connectivity index (χ0v) is 24.0. The quantitative estimate of drug-likeness (QED) is 0.106. The van der Waals surface area contributed by atoms with E-state index in [4.69, 9.17) is 9.47 Å². The van der Waals surface area contributed by atoms with Gasteiger partial charge in [0.15, 0.2) is 0 Å². The molecule has 4 aromatic carbocycles. The van der Waals surface area contributed by atoms with Crippen LogP contribution in [0.3, 0.4) is 0 Å². The number of hydrogen-bond acceptors (Lipinski definition) is 4. The zero-order valence-electron chi connectivity index (χ0n) is 24.0. The molecule has 208 valence electrons. The lowest BCUT2D eigenvalue weighted by Crippen LogP contribution is -2.10. The van der Waals surface area contributed by atoms with Crippen molar-refractivity contribution in [1.82, 2.24) is 0 Å². The van der Waals surface area contributed by atoms with E-state index in [1.54, 1.807) is 6.92 Å². The molecule has 1 N–H and O–H groups in total. The fraction of sp³-hybridized carbons (Fsp3) is 0.306. The minimum absolute atomic E-state index is 0.0683. The van der Waals surface area contributed by atoms with Gasteiger partial charge in [0.2, 0.25) is 0 Å². The average molecular weight is 537 g/mol. The molecule has 4 rings (SSSR count). The molecule has 0 unspecified atom stereocenters. The maximum Gasteiger partial charge on any atom is 0.333 e. The van der Waals surface area contributed by atoms with Crippen LogP contribution < -0.4 is 4.74 Å². The first-order chi connectivity index (χ1) is 19.4. The van der Waals surface area contributed by atoms with Crippen molar-refractivity contribution >= 4 is 16.7 Å². The lowest BCUT2D eigenvalue weighted by atomic mass is 9.94. The molecule has 0 heterocycles. The summed E-state index contributed by atoms with van der Waals surface area (Å²) in [6, 6.07) is 26.0. The summed E-state index contributed by atoms with van der Waals surface area (Å²) in [5, 5.41) is 11.6. The van der Waals surface area contributed by atoms with Crippen LogP contribution in [0, 0.1) is 6.92 Å². The summed E-state index contributed by atoms with van der Waals surface area (Å²) in [4.78, 5) is 11.8. The number of ether oxygens (including phenoxy) is 2. The third kappa shape index (κ3) is 7.40. The molecule has 40 heavy (non-hydrogen) atoms. The molecular formula is C36H40O4. The Bertz CT molecular complexity index is 1480. The molecule has 0 aliphatic heterocycles. The van der Waals surface area contributed by atoms with E-state index >= 15 is 0 Å². The van der Waals surface area contributed by atoms with Crippen molar-refractivity contribution in [3.8, 4) is 28.0 Å². The maximum absolute atomic E-state index is 11.8. The molecule has 0 aliphatic carbocycles. The minimum Gasteiger partial charge on any atom is -0.491 e. The summed E-state index contributed by atoms with van der Waals surface area (Å²) in [5.41, 5.74) is 8.73. The van der Waals surface area contributed by atoms with Gasteiger partial charge in [0.05, 0.1) is 13.2 Å². The van der Waals surface area contributed by atoms with Gasteiger partial charge in [-0.3, -0.25) is 0 Å². The Kier molecular flexibility index (Phi) is 10.2. The fourth-order valence-corrected chi connectivity index (χ4v) is 4.95. The summed E-state index contributed by atoms with van der Waals surface area (Å²) < 4.78 is 11.0. The molecule has 4 aromatic rings. The van der Waals surface area contributed by atoms with E-state index in [1.807, 2.05) is 12.1 Å². The van der Waals surface area contributed by atoms with Gasteiger partial charge in [-0.15, -0.1) is 0 Å². The molecule has 0 radical (unpaired) electrons. The molecule has 0 spiro atoms. The molecule has 0 aliphatic rings. The minimum atomic E-state index is -0.402. The molecule has 4 nitrogen and oxygen atoms in total. The van der Waals surface area contributed by atoms with Gasteiger partial charge < -0.3 is 14.6 Å². The lowest BCUT2D eigenvalue weighted by molar-refractivity contribution is -0.138. The molecule has 0 saturated heterocycles.